The van der Waals surface area contributed by atoms with Crippen LogP contribution < -0.4 is 10.6 Å². The Morgan fingerprint density at radius 1 is 1.40 bits per heavy atom. The van der Waals surface area contributed by atoms with Crippen LogP contribution in [0.5, 0.6) is 0 Å². The van der Waals surface area contributed by atoms with E-state index in [0.29, 0.717) is 18.1 Å². The smallest absolute Gasteiger partial charge is 0.259 e. The summed E-state index contributed by atoms with van der Waals surface area (Å²) in [6.07, 6.45) is 1.08. The summed E-state index contributed by atoms with van der Waals surface area (Å²) in [4.78, 5) is 16.2. The average molecular weight is 385 g/mol. The normalized spacial score (nSPS) is 10.2. The zero-order valence-corrected chi connectivity index (χ0v) is 12.9. The van der Waals surface area contributed by atoms with E-state index in [1.165, 1.54) is 6.07 Å². The van der Waals surface area contributed by atoms with Gasteiger partial charge < -0.3 is 10.6 Å². The van der Waals surface area contributed by atoms with Gasteiger partial charge in [-0.3, -0.25) is 4.79 Å². The van der Waals surface area contributed by atoms with Gasteiger partial charge in [0.25, 0.3) is 5.91 Å². The minimum atomic E-state index is -0.542. The standard InChI is InChI=1S/C14H13FIN3O/c1-2-17-13-10(7-9(15)8-18-13)14(20)19-12-6-4-3-5-11(12)16/h3-8H,2H2,1H3,(H,17,18)(H,19,20). The molecule has 2 aromatic rings. The van der Waals surface area contributed by atoms with E-state index < -0.39 is 11.7 Å². The van der Waals surface area contributed by atoms with E-state index in [0.717, 1.165) is 9.77 Å². The van der Waals surface area contributed by atoms with Gasteiger partial charge in [0, 0.05) is 10.1 Å². The first-order valence-electron chi connectivity index (χ1n) is 6.07. The van der Waals surface area contributed by atoms with Gasteiger partial charge in [-0.15, -0.1) is 0 Å². The number of hydrogen-bond acceptors (Lipinski definition) is 3. The van der Waals surface area contributed by atoms with Crippen LogP contribution in [0.3, 0.4) is 0 Å². The number of amides is 1. The Labute approximate surface area is 129 Å². The number of rotatable bonds is 4. The number of nitrogens with one attached hydrogen (secondary N) is 2. The molecule has 1 aromatic heterocycles. The Morgan fingerprint density at radius 3 is 2.85 bits per heavy atom. The summed E-state index contributed by atoms with van der Waals surface area (Å²) in [5.41, 5.74) is 0.872. The molecular weight excluding hydrogens is 372 g/mol. The van der Waals surface area contributed by atoms with Gasteiger partial charge in [0.15, 0.2) is 0 Å². The molecule has 0 atom stereocenters. The number of halogens is 2. The van der Waals surface area contributed by atoms with Crippen LogP contribution in [0.25, 0.3) is 0 Å². The van der Waals surface area contributed by atoms with Gasteiger partial charge in [-0.05, 0) is 47.7 Å². The molecule has 104 valence electrons. The second-order valence-corrected chi connectivity index (χ2v) is 5.18. The Balaban J connectivity index is 2.29. The number of benzene rings is 1. The molecule has 0 spiro atoms. The van der Waals surface area contributed by atoms with Gasteiger partial charge in [-0.25, -0.2) is 9.37 Å². The molecule has 0 aliphatic heterocycles. The Morgan fingerprint density at radius 2 is 2.15 bits per heavy atom. The molecule has 6 heteroatoms. The number of anilines is 2. The lowest BCUT2D eigenvalue weighted by Gasteiger charge is -2.11. The Bertz CT molecular complexity index is 634. The van der Waals surface area contributed by atoms with E-state index in [4.69, 9.17) is 0 Å². The van der Waals surface area contributed by atoms with Gasteiger partial charge in [-0.2, -0.15) is 0 Å². The van der Waals surface area contributed by atoms with Crippen molar-refractivity contribution in [3.63, 3.8) is 0 Å². The number of para-hydroxylation sites is 1. The highest BCUT2D eigenvalue weighted by Crippen LogP contribution is 2.20. The molecule has 1 heterocycles. The second-order valence-electron chi connectivity index (χ2n) is 4.01. The number of hydrogen-bond donors (Lipinski definition) is 2. The lowest BCUT2D eigenvalue weighted by molar-refractivity contribution is 0.102. The topological polar surface area (TPSA) is 54.0 Å². The largest absolute Gasteiger partial charge is 0.370 e. The third-order valence-electron chi connectivity index (χ3n) is 2.57. The van der Waals surface area contributed by atoms with Gasteiger partial charge in [0.1, 0.15) is 11.6 Å². The number of carbonyl (C=O) groups is 1. The number of aromatic nitrogens is 1. The quantitative estimate of drug-likeness (QED) is 0.793. The van der Waals surface area contributed by atoms with Crippen molar-refractivity contribution >= 4 is 40.0 Å². The molecule has 2 rings (SSSR count). The summed E-state index contributed by atoms with van der Waals surface area (Å²) in [6, 6.07) is 8.55. The molecule has 0 bridgehead atoms. The van der Waals surface area contributed by atoms with Crippen LogP contribution in [0, 0.1) is 9.39 Å². The van der Waals surface area contributed by atoms with E-state index in [9.17, 15) is 9.18 Å². The summed E-state index contributed by atoms with van der Waals surface area (Å²) in [5.74, 6) is -0.561. The van der Waals surface area contributed by atoms with E-state index in [2.05, 4.69) is 38.2 Å². The maximum atomic E-state index is 13.3. The molecule has 0 aliphatic rings. The Kier molecular flexibility index (Phi) is 4.89. The number of nitrogens with zero attached hydrogens (tertiary/aromatic N) is 1. The monoisotopic (exact) mass is 385 g/mol. The molecule has 0 saturated heterocycles. The molecule has 0 saturated carbocycles. The van der Waals surface area contributed by atoms with Gasteiger partial charge in [0.2, 0.25) is 0 Å². The van der Waals surface area contributed by atoms with Crippen LogP contribution in [0.4, 0.5) is 15.9 Å². The van der Waals surface area contributed by atoms with E-state index >= 15 is 0 Å². The third kappa shape index (κ3) is 3.44. The maximum absolute atomic E-state index is 13.3. The third-order valence-corrected chi connectivity index (χ3v) is 3.51. The van der Waals surface area contributed by atoms with Crippen molar-refractivity contribution < 1.29 is 9.18 Å². The van der Waals surface area contributed by atoms with Crippen LogP contribution >= 0.6 is 22.6 Å². The summed E-state index contributed by atoms with van der Waals surface area (Å²) in [5, 5.41) is 5.70. The number of pyridine rings is 1. The highest BCUT2D eigenvalue weighted by Gasteiger charge is 2.14. The zero-order chi connectivity index (χ0) is 14.5. The molecule has 0 unspecified atom stereocenters. The highest BCUT2D eigenvalue weighted by atomic mass is 127. The van der Waals surface area contributed by atoms with Crippen LogP contribution in [-0.2, 0) is 0 Å². The fourth-order valence-corrected chi connectivity index (χ4v) is 2.20. The van der Waals surface area contributed by atoms with E-state index in [1.54, 1.807) is 6.07 Å². The molecular formula is C14H13FIN3O. The van der Waals surface area contributed by atoms with Crippen LogP contribution in [-0.4, -0.2) is 17.4 Å². The van der Waals surface area contributed by atoms with Crippen molar-refractivity contribution in [3.8, 4) is 0 Å². The summed E-state index contributed by atoms with van der Waals surface area (Å²) in [6.45, 7) is 2.48. The average Bonchev–Trinajstić information content (AvgIpc) is 2.43. The minimum absolute atomic E-state index is 0.187. The fraction of sp³-hybridized carbons (Fsp3) is 0.143. The van der Waals surface area contributed by atoms with Crippen LogP contribution in [0.1, 0.15) is 17.3 Å². The van der Waals surface area contributed by atoms with Crippen molar-refractivity contribution in [3.05, 3.63) is 51.5 Å². The van der Waals surface area contributed by atoms with Gasteiger partial charge in [0.05, 0.1) is 17.4 Å². The SMILES string of the molecule is CCNc1ncc(F)cc1C(=O)Nc1ccccc1I. The van der Waals surface area contributed by atoms with Gasteiger partial charge >= 0.3 is 0 Å². The molecule has 1 aromatic carbocycles. The number of carbonyl (C=O) groups excluding carboxylic acids is 1. The van der Waals surface area contributed by atoms with Crippen molar-refractivity contribution in [2.24, 2.45) is 0 Å². The molecule has 2 N–H and O–H groups in total. The van der Waals surface area contributed by atoms with Crippen molar-refractivity contribution in [2.45, 2.75) is 6.92 Å². The predicted molar refractivity (Wildman–Crippen MR) is 85.5 cm³/mol. The van der Waals surface area contributed by atoms with Crippen LogP contribution in [0.2, 0.25) is 0 Å². The molecule has 0 radical (unpaired) electrons. The van der Waals surface area contributed by atoms with Gasteiger partial charge in [-0.1, -0.05) is 12.1 Å². The summed E-state index contributed by atoms with van der Waals surface area (Å²) < 4.78 is 14.2. The predicted octanol–water partition coefficient (Wildman–Crippen LogP) is 3.51. The molecule has 0 fully saturated rings. The lowest BCUT2D eigenvalue weighted by Crippen LogP contribution is -2.16. The minimum Gasteiger partial charge on any atom is -0.370 e. The fourth-order valence-electron chi connectivity index (χ4n) is 1.67. The maximum Gasteiger partial charge on any atom is 0.259 e. The molecule has 4 nitrogen and oxygen atoms in total. The van der Waals surface area contributed by atoms with E-state index in [-0.39, 0.29) is 5.56 Å². The summed E-state index contributed by atoms with van der Waals surface area (Å²) in [7, 11) is 0. The first-order chi connectivity index (χ1) is 9.61. The zero-order valence-electron chi connectivity index (χ0n) is 10.8. The van der Waals surface area contributed by atoms with Crippen molar-refractivity contribution in [2.75, 3.05) is 17.2 Å². The first kappa shape index (κ1) is 14.7. The molecule has 0 aliphatic carbocycles. The van der Waals surface area contributed by atoms with Crippen LogP contribution in [0.15, 0.2) is 36.5 Å². The summed E-state index contributed by atoms with van der Waals surface area (Å²) >= 11 is 2.13. The Hall–Kier alpha value is -1.70. The van der Waals surface area contributed by atoms with E-state index in [1.807, 2.05) is 25.1 Å². The highest BCUT2D eigenvalue weighted by molar-refractivity contribution is 14.1. The molecule has 1 amide bonds. The van der Waals surface area contributed by atoms with Crippen molar-refractivity contribution in [1.82, 2.24) is 4.98 Å². The second kappa shape index (κ2) is 6.65. The first-order valence-corrected chi connectivity index (χ1v) is 7.15. The lowest BCUT2D eigenvalue weighted by atomic mass is 10.2. The molecule has 20 heavy (non-hydrogen) atoms. The van der Waals surface area contributed by atoms with Crippen molar-refractivity contribution in [1.29, 1.82) is 0 Å².